The summed E-state index contributed by atoms with van der Waals surface area (Å²) in [5.74, 6) is 0.992. The van der Waals surface area contributed by atoms with E-state index in [1.165, 1.54) is 5.56 Å². The van der Waals surface area contributed by atoms with Crippen LogP contribution < -0.4 is 4.74 Å². The van der Waals surface area contributed by atoms with Gasteiger partial charge in [-0.25, -0.2) is 0 Å². The number of piperazine rings is 1. The van der Waals surface area contributed by atoms with Crippen molar-refractivity contribution in [1.82, 2.24) is 14.7 Å². The van der Waals surface area contributed by atoms with E-state index >= 15 is 0 Å². The van der Waals surface area contributed by atoms with Gasteiger partial charge in [-0.2, -0.15) is 0 Å². The predicted octanol–water partition coefficient (Wildman–Crippen LogP) is 3.73. The Labute approximate surface area is 197 Å². The first kappa shape index (κ1) is 23.3. The Morgan fingerprint density at radius 2 is 1.64 bits per heavy atom. The highest BCUT2D eigenvalue weighted by Crippen LogP contribution is 2.37. The number of carbonyl (C=O) groups excluding carboxylic acids is 2. The molecule has 2 aromatic carbocycles. The summed E-state index contributed by atoms with van der Waals surface area (Å²) in [5.41, 5.74) is 1.90. The van der Waals surface area contributed by atoms with Crippen LogP contribution in [0.1, 0.15) is 43.9 Å². The van der Waals surface area contributed by atoms with Crippen LogP contribution >= 0.6 is 0 Å². The standard InChI is InChI=1S/C27H35N3O3/c1-21(31)30-18-17-29(20-24(30)23-11-7-8-12-25(23)33-3)26(32)27(2)13-15-28(16-14-27)19-22-9-5-4-6-10-22/h4-12,24H,13-20H2,1-3H3. The van der Waals surface area contributed by atoms with E-state index in [9.17, 15) is 9.59 Å². The Morgan fingerprint density at radius 1 is 0.970 bits per heavy atom. The molecule has 176 valence electrons. The number of hydrogen-bond acceptors (Lipinski definition) is 4. The lowest BCUT2D eigenvalue weighted by Crippen LogP contribution is -2.56. The normalized spacial score (nSPS) is 21.0. The molecular weight excluding hydrogens is 414 g/mol. The van der Waals surface area contributed by atoms with E-state index in [1.807, 2.05) is 40.1 Å². The summed E-state index contributed by atoms with van der Waals surface area (Å²) < 4.78 is 5.57. The number of benzene rings is 2. The van der Waals surface area contributed by atoms with Gasteiger partial charge in [-0.05, 0) is 37.6 Å². The maximum absolute atomic E-state index is 13.7. The van der Waals surface area contributed by atoms with Crippen LogP contribution in [-0.4, -0.2) is 66.3 Å². The molecular formula is C27H35N3O3. The van der Waals surface area contributed by atoms with Crippen molar-refractivity contribution in [3.8, 4) is 5.75 Å². The molecule has 0 bridgehead atoms. The fourth-order valence-electron chi connectivity index (χ4n) is 5.19. The molecule has 1 atom stereocenters. The van der Waals surface area contributed by atoms with Crippen LogP contribution in [0.4, 0.5) is 0 Å². The number of likely N-dealkylation sites (tertiary alicyclic amines) is 1. The largest absolute Gasteiger partial charge is 0.496 e. The molecule has 0 aliphatic carbocycles. The third-order valence-electron chi connectivity index (χ3n) is 7.29. The highest BCUT2D eigenvalue weighted by Gasteiger charge is 2.42. The fourth-order valence-corrected chi connectivity index (χ4v) is 5.19. The maximum atomic E-state index is 13.7. The van der Waals surface area contributed by atoms with Gasteiger partial charge in [0.15, 0.2) is 0 Å². The second-order valence-corrected chi connectivity index (χ2v) is 9.54. The van der Waals surface area contributed by atoms with Crippen molar-refractivity contribution < 1.29 is 14.3 Å². The number of piperidine rings is 1. The van der Waals surface area contributed by atoms with E-state index in [-0.39, 0.29) is 23.3 Å². The fraction of sp³-hybridized carbons (Fsp3) is 0.481. The molecule has 2 aliphatic heterocycles. The molecule has 0 aromatic heterocycles. The number of hydrogen-bond donors (Lipinski definition) is 0. The molecule has 4 rings (SSSR count). The van der Waals surface area contributed by atoms with Gasteiger partial charge in [-0.3, -0.25) is 14.5 Å². The van der Waals surface area contributed by atoms with Gasteiger partial charge in [0.05, 0.1) is 13.2 Å². The Kier molecular flexibility index (Phi) is 7.03. The zero-order chi connectivity index (χ0) is 23.4. The Bertz CT molecular complexity index is 970. The number of rotatable bonds is 5. The lowest BCUT2D eigenvalue weighted by molar-refractivity contribution is -0.150. The van der Waals surface area contributed by atoms with E-state index in [1.54, 1.807) is 14.0 Å². The number of para-hydroxylation sites is 1. The highest BCUT2D eigenvalue weighted by molar-refractivity contribution is 5.83. The SMILES string of the molecule is COc1ccccc1C1CN(C(=O)C2(C)CCN(Cc3ccccc3)CC2)CCN1C(C)=O. The zero-order valence-electron chi connectivity index (χ0n) is 20.0. The Balaban J connectivity index is 1.45. The van der Waals surface area contributed by atoms with E-state index in [4.69, 9.17) is 4.74 Å². The lowest BCUT2D eigenvalue weighted by Gasteiger charge is -2.46. The highest BCUT2D eigenvalue weighted by atomic mass is 16.5. The predicted molar refractivity (Wildman–Crippen MR) is 129 cm³/mol. The monoisotopic (exact) mass is 449 g/mol. The van der Waals surface area contributed by atoms with E-state index in [0.29, 0.717) is 19.6 Å². The summed E-state index contributed by atoms with van der Waals surface area (Å²) in [7, 11) is 1.65. The second kappa shape index (κ2) is 9.96. The summed E-state index contributed by atoms with van der Waals surface area (Å²) >= 11 is 0. The van der Waals surface area contributed by atoms with Gasteiger partial charge in [-0.15, -0.1) is 0 Å². The molecule has 6 heteroatoms. The van der Waals surface area contributed by atoms with Crippen molar-refractivity contribution in [1.29, 1.82) is 0 Å². The zero-order valence-corrected chi connectivity index (χ0v) is 20.0. The van der Waals surface area contributed by atoms with Gasteiger partial charge in [0.1, 0.15) is 5.75 Å². The Hall–Kier alpha value is -2.86. The molecule has 0 radical (unpaired) electrons. The first-order valence-electron chi connectivity index (χ1n) is 11.9. The summed E-state index contributed by atoms with van der Waals surface area (Å²) in [6.45, 7) is 8.10. The molecule has 0 N–H and O–H groups in total. The van der Waals surface area contributed by atoms with Crippen LogP contribution in [-0.2, 0) is 16.1 Å². The van der Waals surface area contributed by atoms with Gasteiger partial charge in [0, 0.05) is 44.1 Å². The third kappa shape index (κ3) is 5.06. The van der Waals surface area contributed by atoms with Crippen LogP contribution in [0.5, 0.6) is 5.75 Å². The molecule has 1 unspecified atom stereocenters. The van der Waals surface area contributed by atoms with Gasteiger partial charge in [0.2, 0.25) is 11.8 Å². The smallest absolute Gasteiger partial charge is 0.228 e. The van der Waals surface area contributed by atoms with Crippen LogP contribution in [0.3, 0.4) is 0 Å². The number of methoxy groups -OCH3 is 1. The van der Waals surface area contributed by atoms with Crippen molar-refractivity contribution in [2.24, 2.45) is 5.41 Å². The number of nitrogens with zero attached hydrogens (tertiary/aromatic N) is 3. The van der Waals surface area contributed by atoms with Crippen molar-refractivity contribution in [2.75, 3.05) is 39.8 Å². The van der Waals surface area contributed by atoms with Crippen LogP contribution in [0.25, 0.3) is 0 Å². The maximum Gasteiger partial charge on any atom is 0.228 e. The van der Waals surface area contributed by atoms with Crippen molar-refractivity contribution in [2.45, 2.75) is 39.3 Å². The summed E-state index contributed by atoms with van der Waals surface area (Å²) in [4.78, 5) is 32.4. The first-order chi connectivity index (χ1) is 15.9. The topological polar surface area (TPSA) is 53.1 Å². The van der Waals surface area contributed by atoms with Gasteiger partial charge in [0.25, 0.3) is 0 Å². The lowest BCUT2D eigenvalue weighted by atomic mass is 9.78. The number of carbonyl (C=O) groups is 2. The molecule has 2 aromatic rings. The number of amides is 2. The van der Waals surface area contributed by atoms with E-state index < -0.39 is 0 Å². The van der Waals surface area contributed by atoms with Gasteiger partial charge in [-0.1, -0.05) is 55.5 Å². The van der Waals surface area contributed by atoms with Crippen LogP contribution in [0, 0.1) is 5.41 Å². The quantitative estimate of drug-likeness (QED) is 0.698. The van der Waals surface area contributed by atoms with Crippen LogP contribution in [0.2, 0.25) is 0 Å². The van der Waals surface area contributed by atoms with Crippen molar-refractivity contribution >= 4 is 11.8 Å². The summed E-state index contributed by atoms with van der Waals surface area (Å²) in [6.07, 6.45) is 1.70. The first-order valence-corrected chi connectivity index (χ1v) is 11.9. The van der Waals surface area contributed by atoms with Gasteiger partial charge >= 0.3 is 0 Å². The minimum Gasteiger partial charge on any atom is -0.496 e. The minimum absolute atomic E-state index is 0.0263. The average Bonchev–Trinajstić information content (AvgIpc) is 2.85. The van der Waals surface area contributed by atoms with Crippen LogP contribution in [0.15, 0.2) is 54.6 Å². The second-order valence-electron chi connectivity index (χ2n) is 9.54. The average molecular weight is 450 g/mol. The summed E-state index contributed by atoms with van der Waals surface area (Å²) in [6, 6.07) is 18.1. The van der Waals surface area contributed by atoms with Gasteiger partial charge < -0.3 is 14.5 Å². The van der Waals surface area contributed by atoms with E-state index in [0.717, 1.165) is 43.8 Å². The number of ether oxygens (including phenoxy) is 1. The molecule has 6 nitrogen and oxygen atoms in total. The molecule has 2 heterocycles. The molecule has 2 saturated heterocycles. The molecule has 0 saturated carbocycles. The molecule has 2 amide bonds. The molecule has 2 aliphatic rings. The van der Waals surface area contributed by atoms with Crippen molar-refractivity contribution in [3.63, 3.8) is 0 Å². The molecule has 33 heavy (non-hydrogen) atoms. The molecule has 0 spiro atoms. The molecule has 2 fully saturated rings. The third-order valence-corrected chi connectivity index (χ3v) is 7.29. The van der Waals surface area contributed by atoms with Crippen molar-refractivity contribution in [3.05, 3.63) is 65.7 Å². The Morgan fingerprint density at radius 3 is 2.30 bits per heavy atom. The van der Waals surface area contributed by atoms with E-state index in [2.05, 4.69) is 36.1 Å². The minimum atomic E-state index is -0.364. The summed E-state index contributed by atoms with van der Waals surface area (Å²) in [5, 5.41) is 0.